The van der Waals surface area contributed by atoms with E-state index in [0.29, 0.717) is 5.56 Å². The second-order valence-corrected chi connectivity index (χ2v) is 5.58. The first kappa shape index (κ1) is 14.1. The summed E-state index contributed by atoms with van der Waals surface area (Å²) in [6.07, 6.45) is 0. The van der Waals surface area contributed by atoms with Gasteiger partial charge in [0.1, 0.15) is 23.2 Å². The van der Waals surface area contributed by atoms with Gasteiger partial charge in [0.15, 0.2) is 0 Å². The van der Waals surface area contributed by atoms with Gasteiger partial charge in [0.05, 0.1) is 12.8 Å². The van der Waals surface area contributed by atoms with Crippen molar-refractivity contribution in [1.82, 2.24) is 4.98 Å². The molecule has 3 rings (SSSR count). The van der Waals surface area contributed by atoms with E-state index in [2.05, 4.69) is 11.1 Å². The molecule has 0 radical (unpaired) electrons. The number of nitrogen functional groups attached to an aromatic ring is 1. The van der Waals surface area contributed by atoms with Gasteiger partial charge >= 0.3 is 0 Å². The van der Waals surface area contributed by atoms with E-state index in [1.54, 1.807) is 18.4 Å². The highest BCUT2D eigenvalue weighted by Crippen LogP contribution is 2.34. The van der Waals surface area contributed by atoms with Crippen molar-refractivity contribution in [3.63, 3.8) is 0 Å². The van der Waals surface area contributed by atoms with Crippen LogP contribution in [-0.2, 0) is 0 Å². The van der Waals surface area contributed by atoms with Crippen LogP contribution in [0, 0.1) is 11.3 Å². The summed E-state index contributed by atoms with van der Waals surface area (Å²) in [4.78, 5) is 5.36. The average Bonchev–Trinajstić information content (AvgIpc) is 3.08. The SMILES string of the molecule is COc1cccc(-c2cc(-c3cccs3)c(C#N)c(N)n2)c1. The van der Waals surface area contributed by atoms with Crippen molar-refractivity contribution in [1.29, 1.82) is 5.26 Å². The molecule has 3 aromatic rings. The summed E-state index contributed by atoms with van der Waals surface area (Å²) in [5.41, 5.74) is 8.82. The fourth-order valence-corrected chi connectivity index (χ4v) is 2.99. The molecule has 0 atom stereocenters. The zero-order chi connectivity index (χ0) is 15.5. The smallest absolute Gasteiger partial charge is 0.142 e. The van der Waals surface area contributed by atoms with E-state index in [1.165, 1.54) is 0 Å². The topological polar surface area (TPSA) is 71.9 Å². The normalized spacial score (nSPS) is 10.2. The summed E-state index contributed by atoms with van der Waals surface area (Å²) in [6.45, 7) is 0. The lowest BCUT2D eigenvalue weighted by Gasteiger charge is -2.09. The summed E-state index contributed by atoms with van der Waals surface area (Å²) in [7, 11) is 1.62. The van der Waals surface area contributed by atoms with Gasteiger partial charge in [0.25, 0.3) is 0 Å². The molecule has 0 saturated carbocycles. The fourth-order valence-electron chi connectivity index (χ4n) is 2.24. The van der Waals surface area contributed by atoms with Crippen LogP contribution in [-0.4, -0.2) is 12.1 Å². The van der Waals surface area contributed by atoms with Crippen molar-refractivity contribution in [3.05, 3.63) is 53.4 Å². The Balaban J connectivity index is 2.20. The largest absolute Gasteiger partial charge is 0.497 e. The molecule has 0 aliphatic heterocycles. The standard InChI is InChI=1S/C17H13N3OS/c1-21-12-5-2-4-11(8-12)15-9-13(16-6-3-7-22-16)14(10-18)17(19)20-15/h2-9H,1H3,(H2,19,20). The summed E-state index contributed by atoms with van der Waals surface area (Å²) < 4.78 is 5.24. The Bertz CT molecular complexity index is 851. The number of nitrogens with two attached hydrogens (primary N) is 1. The van der Waals surface area contributed by atoms with Crippen LogP contribution in [0.5, 0.6) is 5.75 Å². The molecule has 22 heavy (non-hydrogen) atoms. The van der Waals surface area contributed by atoms with Crippen LogP contribution in [0.25, 0.3) is 21.7 Å². The van der Waals surface area contributed by atoms with Gasteiger partial charge in [0.2, 0.25) is 0 Å². The lowest BCUT2D eigenvalue weighted by molar-refractivity contribution is 0.415. The van der Waals surface area contributed by atoms with Crippen LogP contribution >= 0.6 is 11.3 Å². The second kappa shape index (κ2) is 5.88. The Labute approximate surface area is 132 Å². The molecule has 0 bridgehead atoms. The third-order valence-corrected chi connectivity index (χ3v) is 4.21. The number of hydrogen-bond donors (Lipinski definition) is 1. The van der Waals surface area contributed by atoms with Crippen LogP contribution in [0.4, 0.5) is 5.82 Å². The van der Waals surface area contributed by atoms with Gasteiger partial charge in [-0.25, -0.2) is 4.98 Å². The van der Waals surface area contributed by atoms with Gasteiger partial charge in [-0.15, -0.1) is 11.3 Å². The minimum atomic E-state index is 0.242. The van der Waals surface area contributed by atoms with Crippen molar-refractivity contribution in [2.45, 2.75) is 0 Å². The third kappa shape index (κ3) is 2.52. The summed E-state index contributed by atoms with van der Waals surface area (Å²) in [5.74, 6) is 0.992. The van der Waals surface area contributed by atoms with Gasteiger partial charge in [-0.2, -0.15) is 5.26 Å². The number of nitriles is 1. The number of thiophene rings is 1. The first-order valence-electron chi connectivity index (χ1n) is 6.62. The Morgan fingerprint density at radius 2 is 2.09 bits per heavy atom. The Morgan fingerprint density at radius 3 is 2.77 bits per heavy atom. The maximum atomic E-state index is 9.36. The number of ether oxygens (including phenoxy) is 1. The molecule has 0 aliphatic rings. The van der Waals surface area contributed by atoms with E-state index >= 15 is 0 Å². The lowest BCUT2D eigenvalue weighted by atomic mass is 10.0. The van der Waals surface area contributed by atoms with E-state index < -0.39 is 0 Å². The molecule has 5 heteroatoms. The first-order chi connectivity index (χ1) is 10.7. The minimum absolute atomic E-state index is 0.242. The Morgan fingerprint density at radius 1 is 1.23 bits per heavy atom. The van der Waals surface area contributed by atoms with E-state index in [-0.39, 0.29) is 5.82 Å². The van der Waals surface area contributed by atoms with Gasteiger partial charge in [0, 0.05) is 16.0 Å². The van der Waals surface area contributed by atoms with Crippen molar-refractivity contribution in [2.24, 2.45) is 0 Å². The number of anilines is 1. The molecule has 0 fully saturated rings. The zero-order valence-corrected chi connectivity index (χ0v) is 12.7. The monoisotopic (exact) mass is 307 g/mol. The third-order valence-electron chi connectivity index (χ3n) is 3.31. The lowest BCUT2D eigenvalue weighted by Crippen LogP contribution is -1.99. The van der Waals surface area contributed by atoms with Gasteiger partial charge in [-0.3, -0.25) is 0 Å². The highest BCUT2D eigenvalue weighted by molar-refractivity contribution is 7.13. The summed E-state index contributed by atoms with van der Waals surface area (Å²) in [6, 6.07) is 15.6. The predicted molar refractivity (Wildman–Crippen MR) is 88.7 cm³/mol. The van der Waals surface area contributed by atoms with Gasteiger partial charge in [-0.05, 0) is 29.6 Å². The minimum Gasteiger partial charge on any atom is -0.497 e. The number of methoxy groups -OCH3 is 1. The van der Waals surface area contributed by atoms with Gasteiger partial charge in [-0.1, -0.05) is 18.2 Å². The number of hydrogen-bond acceptors (Lipinski definition) is 5. The molecular weight excluding hydrogens is 294 g/mol. The highest BCUT2D eigenvalue weighted by atomic mass is 32.1. The number of pyridine rings is 1. The van der Waals surface area contributed by atoms with E-state index in [0.717, 1.165) is 27.4 Å². The van der Waals surface area contributed by atoms with Crippen molar-refractivity contribution in [2.75, 3.05) is 12.8 Å². The molecule has 0 spiro atoms. The van der Waals surface area contributed by atoms with Crippen molar-refractivity contribution >= 4 is 17.2 Å². The molecule has 0 amide bonds. The molecular formula is C17H13N3OS. The first-order valence-corrected chi connectivity index (χ1v) is 7.50. The summed E-state index contributed by atoms with van der Waals surface area (Å²) >= 11 is 1.57. The predicted octanol–water partition coefficient (Wildman–Crippen LogP) is 3.94. The molecule has 0 unspecified atom stereocenters. The molecule has 0 aliphatic carbocycles. The van der Waals surface area contributed by atoms with E-state index in [4.69, 9.17) is 10.5 Å². The highest BCUT2D eigenvalue weighted by Gasteiger charge is 2.14. The molecule has 2 N–H and O–H groups in total. The number of nitrogens with zero attached hydrogens (tertiary/aromatic N) is 2. The van der Waals surface area contributed by atoms with Crippen molar-refractivity contribution in [3.8, 4) is 33.5 Å². The molecule has 1 aromatic carbocycles. The maximum Gasteiger partial charge on any atom is 0.142 e. The van der Waals surface area contributed by atoms with E-state index in [1.807, 2.05) is 47.8 Å². The summed E-state index contributed by atoms with van der Waals surface area (Å²) in [5, 5.41) is 11.3. The van der Waals surface area contributed by atoms with Crippen LogP contribution in [0.15, 0.2) is 47.8 Å². The van der Waals surface area contributed by atoms with E-state index in [9.17, 15) is 5.26 Å². The fraction of sp³-hybridized carbons (Fsp3) is 0.0588. The second-order valence-electron chi connectivity index (χ2n) is 4.64. The van der Waals surface area contributed by atoms with Crippen LogP contribution < -0.4 is 10.5 Å². The Hall–Kier alpha value is -2.84. The number of aromatic nitrogens is 1. The van der Waals surface area contributed by atoms with Crippen LogP contribution in [0.1, 0.15) is 5.56 Å². The molecule has 0 saturated heterocycles. The number of benzene rings is 1. The maximum absolute atomic E-state index is 9.36. The van der Waals surface area contributed by atoms with Crippen LogP contribution in [0.2, 0.25) is 0 Å². The zero-order valence-electron chi connectivity index (χ0n) is 11.9. The van der Waals surface area contributed by atoms with Crippen molar-refractivity contribution < 1.29 is 4.74 Å². The number of rotatable bonds is 3. The molecule has 2 aromatic heterocycles. The van der Waals surface area contributed by atoms with Crippen LogP contribution in [0.3, 0.4) is 0 Å². The Kier molecular flexibility index (Phi) is 3.77. The quantitative estimate of drug-likeness (QED) is 0.795. The molecule has 4 nitrogen and oxygen atoms in total. The average molecular weight is 307 g/mol. The molecule has 108 valence electrons. The molecule has 2 heterocycles. The van der Waals surface area contributed by atoms with Gasteiger partial charge < -0.3 is 10.5 Å².